The van der Waals surface area contributed by atoms with Crippen molar-refractivity contribution in [2.24, 2.45) is 0 Å². The fourth-order valence-electron chi connectivity index (χ4n) is 5.26. The SMILES string of the molecule is O=C(Nc1ccccc1)c1cccc(CN(Cc2nc3ccccc3[nH]2)C2CCCc3cccnc32)c1. The third kappa shape index (κ3) is 5.15. The molecule has 6 nitrogen and oxygen atoms in total. The van der Waals surface area contributed by atoms with Gasteiger partial charge < -0.3 is 10.3 Å². The van der Waals surface area contributed by atoms with E-state index in [9.17, 15) is 4.79 Å². The number of nitrogens with zero attached hydrogens (tertiary/aromatic N) is 3. The van der Waals surface area contributed by atoms with Crippen LogP contribution < -0.4 is 5.32 Å². The maximum absolute atomic E-state index is 13.0. The van der Waals surface area contributed by atoms with Crippen LogP contribution in [0.5, 0.6) is 0 Å². The van der Waals surface area contributed by atoms with Gasteiger partial charge in [0, 0.05) is 24.0 Å². The number of rotatable bonds is 7. The van der Waals surface area contributed by atoms with E-state index in [-0.39, 0.29) is 11.9 Å². The minimum Gasteiger partial charge on any atom is -0.341 e. The fourth-order valence-corrected chi connectivity index (χ4v) is 5.26. The Bertz CT molecular complexity index is 1490. The molecule has 0 spiro atoms. The lowest BCUT2D eigenvalue weighted by molar-refractivity contribution is 0.102. The maximum Gasteiger partial charge on any atom is 0.255 e. The van der Waals surface area contributed by atoms with E-state index >= 15 is 0 Å². The summed E-state index contributed by atoms with van der Waals surface area (Å²) in [4.78, 5) is 28.6. The summed E-state index contributed by atoms with van der Waals surface area (Å²) in [7, 11) is 0. The molecule has 2 aromatic heterocycles. The predicted octanol–water partition coefficient (Wildman–Crippen LogP) is 6.29. The topological polar surface area (TPSA) is 73.9 Å². The molecule has 3 aromatic carbocycles. The van der Waals surface area contributed by atoms with Crippen molar-refractivity contribution >= 4 is 22.6 Å². The minimum absolute atomic E-state index is 0.110. The van der Waals surface area contributed by atoms with Crippen molar-refractivity contribution in [3.8, 4) is 0 Å². The number of aromatic nitrogens is 3. The Morgan fingerprint density at radius 1 is 0.946 bits per heavy atom. The van der Waals surface area contributed by atoms with Crippen molar-refractivity contribution in [3.63, 3.8) is 0 Å². The fraction of sp³-hybridized carbons (Fsp3) is 0.194. The highest BCUT2D eigenvalue weighted by Gasteiger charge is 2.28. The van der Waals surface area contributed by atoms with Crippen molar-refractivity contribution in [2.75, 3.05) is 5.32 Å². The van der Waals surface area contributed by atoms with Crippen molar-refractivity contribution < 1.29 is 4.79 Å². The summed E-state index contributed by atoms with van der Waals surface area (Å²) < 4.78 is 0. The number of aromatic amines is 1. The third-order valence-corrected chi connectivity index (χ3v) is 7.00. The number of imidazole rings is 1. The molecule has 0 saturated carbocycles. The number of H-pyrrole nitrogens is 1. The first kappa shape index (κ1) is 23.1. The molecule has 37 heavy (non-hydrogen) atoms. The van der Waals surface area contributed by atoms with Crippen LogP contribution in [0.15, 0.2) is 97.2 Å². The highest BCUT2D eigenvalue weighted by molar-refractivity contribution is 6.04. The molecular weight excluding hydrogens is 458 g/mol. The number of carbonyl (C=O) groups is 1. The van der Waals surface area contributed by atoms with E-state index in [4.69, 9.17) is 9.97 Å². The van der Waals surface area contributed by atoms with Crippen LogP contribution in [-0.4, -0.2) is 25.8 Å². The second-order valence-electron chi connectivity index (χ2n) is 9.58. The third-order valence-electron chi connectivity index (χ3n) is 7.00. The van der Waals surface area contributed by atoms with Gasteiger partial charge in [-0.15, -0.1) is 0 Å². The molecule has 1 unspecified atom stereocenters. The smallest absolute Gasteiger partial charge is 0.255 e. The Morgan fingerprint density at radius 3 is 2.70 bits per heavy atom. The summed E-state index contributed by atoms with van der Waals surface area (Å²) in [6.45, 7) is 1.35. The van der Waals surface area contributed by atoms with E-state index in [0.29, 0.717) is 18.7 Å². The first-order valence-electron chi connectivity index (χ1n) is 12.8. The van der Waals surface area contributed by atoms with Gasteiger partial charge >= 0.3 is 0 Å². The normalized spacial score (nSPS) is 15.0. The Labute approximate surface area is 216 Å². The van der Waals surface area contributed by atoms with Gasteiger partial charge in [-0.3, -0.25) is 14.7 Å². The first-order valence-corrected chi connectivity index (χ1v) is 12.8. The number of pyridine rings is 1. The molecule has 0 fully saturated rings. The average Bonchev–Trinajstić information content (AvgIpc) is 3.35. The molecule has 5 aromatic rings. The summed E-state index contributed by atoms with van der Waals surface area (Å²) in [5.41, 5.74) is 7.01. The maximum atomic E-state index is 13.0. The molecule has 0 radical (unpaired) electrons. The zero-order chi connectivity index (χ0) is 25.0. The molecule has 184 valence electrons. The van der Waals surface area contributed by atoms with Crippen LogP contribution in [0.1, 0.15) is 51.9 Å². The molecule has 1 atom stereocenters. The van der Waals surface area contributed by atoms with E-state index in [1.165, 1.54) is 5.56 Å². The van der Waals surface area contributed by atoms with Crippen molar-refractivity contribution in [1.29, 1.82) is 0 Å². The van der Waals surface area contributed by atoms with Crippen LogP contribution in [0.3, 0.4) is 0 Å². The van der Waals surface area contributed by atoms with Gasteiger partial charge in [-0.1, -0.05) is 48.5 Å². The molecule has 1 amide bonds. The lowest BCUT2D eigenvalue weighted by atomic mass is 9.90. The van der Waals surface area contributed by atoms with Crippen LogP contribution in [0.25, 0.3) is 11.0 Å². The molecule has 0 saturated heterocycles. The molecule has 1 aliphatic rings. The lowest BCUT2D eigenvalue weighted by Crippen LogP contribution is -2.32. The Morgan fingerprint density at radius 2 is 1.81 bits per heavy atom. The minimum atomic E-state index is -0.110. The summed E-state index contributed by atoms with van der Waals surface area (Å²) >= 11 is 0. The monoisotopic (exact) mass is 487 g/mol. The largest absolute Gasteiger partial charge is 0.341 e. The molecule has 2 heterocycles. The Kier molecular flexibility index (Phi) is 6.48. The van der Waals surface area contributed by atoms with E-state index in [2.05, 4.69) is 33.4 Å². The Balaban J connectivity index is 1.30. The summed E-state index contributed by atoms with van der Waals surface area (Å²) in [5, 5.41) is 2.99. The van der Waals surface area contributed by atoms with Crippen LogP contribution in [0.2, 0.25) is 0 Å². The number of para-hydroxylation sites is 3. The lowest BCUT2D eigenvalue weighted by Gasteiger charge is -2.34. The van der Waals surface area contributed by atoms with Crippen LogP contribution in [0, 0.1) is 0 Å². The summed E-state index contributed by atoms with van der Waals surface area (Å²) in [6, 6.07) is 30.0. The van der Waals surface area contributed by atoms with E-state index in [1.807, 2.05) is 79.0 Å². The molecule has 1 aliphatic carbocycles. The van der Waals surface area contributed by atoms with Crippen molar-refractivity contribution in [1.82, 2.24) is 19.9 Å². The van der Waals surface area contributed by atoms with E-state index in [0.717, 1.165) is 53.1 Å². The second-order valence-corrected chi connectivity index (χ2v) is 9.58. The van der Waals surface area contributed by atoms with E-state index < -0.39 is 0 Å². The molecule has 6 rings (SSSR count). The molecule has 0 aliphatic heterocycles. The highest BCUT2D eigenvalue weighted by atomic mass is 16.1. The quantitative estimate of drug-likeness (QED) is 0.283. The predicted molar refractivity (Wildman–Crippen MR) is 146 cm³/mol. The zero-order valence-electron chi connectivity index (χ0n) is 20.6. The van der Waals surface area contributed by atoms with Crippen LogP contribution in [0.4, 0.5) is 5.69 Å². The number of fused-ring (bicyclic) bond motifs is 2. The summed E-state index contributed by atoms with van der Waals surface area (Å²) in [6.07, 6.45) is 5.12. The number of amides is 1. The number of nitrogens with one attached hydrogen (secondary N) is 2. The second kappa shape index (κ2) is 10.4. The summed E-state index contributed by atoms with van der Waals surface area (Å²) in [5.74, 6) is 0.823. The number of benzene rings is 3. The number of hydrogen-bond donors (Lipinski definition) is 2. The number of hydrogen-bond acceptors (Lipinski definition) is 4. The van der Waals surface area contributed by atoms with Crippen molar-refractivity contribution in [3.05, 3.63) is 125 Å². The molecular formula is C31H29N5O. The zero-order valence-corrected chi connectivity index (χ0v) is 20.6. The van der Waals surface area contributed by atoms with Gasteiger partial charge in [-0.2, -0.15) is 0 Å². The van der Waals surface area contributed by atoms with Crippen molar-refractivity contribution in [2.45, 2.75) is 38.4 Å². The van der Waals surface area contributed by atoms with Crippen LogP contribution in [-0.2, 0) is 19.5 Å². The molecule has 0 bridgehead atoms. The molecule has 2 N–H and O–H groups in total. The standard InChI is InChI=1S/C31H29N5O/c37-31(33-25-13-2-1-3-14-25)24-11-6-9-22(19-24)20-36(21-29-34-26-15-4-5-16-27(26)35-29)28-17-7-10-23-12-8-18-32-30(23)28/h1-6,8-9,11-16,18-19,28H,7,10,17,20-21H2,(H,33,37)(H,34,35). The van der Waals surface area contributed by atoms with Gasteiger partial charge in [0.05, 0.1) is 29.3 Å². The van der Waals surface area contributed by atoms with Gasteiger partial charge in [-0.05, 0) is 72.9 Å². The molecule has 6 heteroatoms. The first-order chi connectivity index (χ1) is 18.2. The van der Waals surface area contributed by atoms with Gasteiger partial charge in [0.1, 0.15) is 5.82 Å². The average molecular weight is 488 g/mol. The highest BCUT2D eigenvalue weighted by Crippen LogP contribution is 2.34. The number of carbonyl (C=O) groups excluding carboxylic acids is 1. The Hall–Kier alpha value is -4.29. The van der Waals surface area contributed by atoms with Crippen LogP contribution >= 0.6 is 0 Å². The van der Waals surface area contributed by atoms with Gasteiger partial charge in [0.15, 0.2) is 0 Å². The van der Waals surface area contributed by atoms with E-state index in [1.54, 1.807) is 0 Å². The van der Waals surface area contributed by atoms with Gasteiger partial charge in [0.25, 0.3) is 5.91 Å². The van der Waals surface area contributed by atoms with Gasteiger partial charge in [0.2, 0.25) is 0 Å². The number of aryl methyl sites for hydroxylation is 1. The number of anilines is 1. The van der Waals surface area contributed by atoms with Gasteiger partial charge in [-0.25, -0.2) is 4.98 Å².